The number of rotatable bonds is 2. The number of nitrogens with one attached hydrogen (secondary N) is 1. The van der Waals surface area contributed by atoms with Crippen LogP contribution in [0.4, 0.5) is 0 Å². The van der Waals surface area contributed by atoms with Crippen LogP contribution in [-0.4, -0.2) is 14.8 Å². The Kier molecular flexibility index (Phi) is 3.44. The van der Waals surface area contributed by atoms with E-state index in [0.717, 1.165) is 11.4 Å². The predicted molar refractivity (Wildman–Crippen MR) is 75.9 cm³/mol. The van der Waals surface area contributed by atoms with Crippen molar-refractivity contribution in [3.05, 3.63) is 32.6 Å². The van der Waals surface area contributed by atoms with Crippen molar-refractivity contribution in [2.75, 3.05) is 0 Å². The molecule has 0 aliphatic carbocycles. The highest BCUT2D eigenvalue weighted by Gasteiger charge is 2.11. The molecular formula is C11H12IN3S. The minimum absolute atomic E-state index is 0.305. The molecule has 0 amide bonds. The van der Waals surface area contributed by atoms with E-state index in [1.54, 1.807) is 0 Å². The van der Waals surface area contributed by atoms with Gasteiger partial charge in [-0.3, -0.25) is 9.67 Å². The summed E-state index contributed by atoms with van der Waals surface area (Å²) in [5, 5.41) is 7.14. The maximum atomic E-state index is 5.22. The fraction of sp³-hybridized carbons (Fsp3) is 0.273. The summed E-state index contributed by atoms with van der Waals surface area (Å²) in [6.45, 7) is 4.20. The molecule has 0 saturated carbocycles. The van der Waals surface area contributed by atoms with E-state index in [2.05, 4.69) is 58.8 Å². The zero-order chi connectivity index (χ0) is 11.7. The predicted octanol–water partition coefficient (Wildman–Crippen LogP) is 3.79. The van der Waals surface area contributed by atoms with Crippen LogP contribution in [-0.2, 0) is 0 Å². The van der Waals surface area contributed by atoms with Gasteiger partial charge in [-0.2, -0.15) is 5.10 Å². The summed E-state index contributed by atoms with van der Waals surface area (Å²) in [6, 6.07) is 8.54. The number of nitrogens with zero attached hydrogens (tertiary/aromatic N) is 2. The van der Waals surface area contributed by atoms with Crippen LogP contribution in [0.25, 0.3) is 11.4 Å². The lowest BCUT2D eigenvalue weighted by atomic mass is 10.2. The SMILES string of the molecule is CC(C)n1c(-c2cccc(I)c2)n[nH]c1=S. The van der Waals surface area contributed by atoms with Gasteiger partial charge in [-0.1, -0.05) is 12.1 Å². The molecule has 0 spiro atoms. The summed E-state index contributed by atoms with van der Waals surface area (Å²) >= 11 is 7.52. The van der Waals surface area contributed by atoms with Crippen LogP contribution in [0.3, 0.4) is 0 Å². The molecule has 5 heteroatoms. The first-order valence-corrected chi connectivity index (χ1v) is 6.51. The lowest BCUT2D eigenvalue weighted by molar-refractivity contribution is 0.597. The second-order valence-corrected chi connectivity index (χ2v) is 5.46. The van der Waals surface area contributed by atoms with Crippen molar-refractivity contribution in [1.29, 1.82) is 0 Å². The Labute approximate surface area is 113 Å². The van der Waals surface area contributed by atoms with Gasteiger partial charge >= 0.3 is 0 Å². The first kappa shape index (κ1) is 11.8. The Balaban J connectivity index is 2.61. The van der Waals surface area contributed by atoms with E-state index in [0.29, 0.717) is 10.8 Å². The topological polar surface area (TPSA) is 33.6 Å². The second kappa shape index (κ2) is 4.67. The van der Waals surface area contributed by atoms with Gasteiger partial charge < -0.3 is 0 Å². The van der Waals surface area contributed by atoms with Gasteiger partial charge in [0, 0.05) is 15.2 Å². The second-order valence-electron chi connectivity index (χ2n) is 3.83. The summed E-state index contributed by atoms with van der Waals surface area (Å²) in [4.78, 5) is 0. The van der Waals surface area contributed by atoms with Crippen LogP contribution in [0, 0.1) is 8.34 Å². The Hall–Kier alpha value is -0.690. The van der Waals surface area contributed by atoms with E-state index in [9.17, 15) is 0 Å². The number of hydrogen-bond donors (Lipinski definition) is 1. The van der Waals surface area contributed by atoms with Crippen molar-refractivity contribution in [1.82, 2.24) is 14.8 Å². The molecule has 0 saturated heterocycles. The van der Waals surface area contributed by atoms with Gasteiger partial charge in [0.2, 0.25) is 0 Å². The monoisotopic (exact) mass is 345 g/mol. The molecule has 84 valence electrons. The minimum Gasteiger partial charge on any atom is -0.298 e. The first-order chi connectivity index (χ1) is 7.59. The Morgan fingerprint density at radius 2 is 2.19 bits per heavy atom. The van der Waals surface area contributed by atoms with Crippen molar-refractivity contribution >= 4 is 34.8 Å². The third-order valence-electron chi connectivity index (χ3n) is 2.30. The Morgan fingerprint density at radius 3 is 2.81 bits per heavy atom. The van der Waals surface area contributed by atoms with E-state index in [4.69, 9.17) is 12.2 Å². The highest BCUT2D eigenvalue weighted by molar-refractivity contribution is 14.1. The summed E-state index contributed by atoms with van der Waals surface area (Å²) in [5.41, 5.74) is 1.09. The molecule has 0 fully saturated rings. The maximum Gasteiger partial charge on any atom is 0.195 e. The summed E-state index contributed by atoms with van der Waals surface area (Å²) < 4.78 is 3.89. The molecule has 2 rings (SSSR count). The van der Waals surface area contributed by atoms with Crippen molar-refractivity contribution in [3.63, 3.8) is 0 Å². The van der Waals surface area contributed by atoms with Gasteiger partial charge in [0.15, 0.2) is 10.6 Å². The quantitative estimate of drug-likeness (QED) is 0.664. The number of aromatic nitrogens is 3. The maximum absolute atomic E-state index is 5.22. The van der Waals surface area contributed by atoms with Gasteiger partial charge in [-0.05, 0) is 60.8 Å². The molecule has 3 nitrogen and oxygen atoms in total. The summed E-state index contributed by atoms with van der Waals surface area (Å²) in [5.74, 6) is 0.901. The lowest BCUT2D eigenvalue weighted by Crippen LogP contribution is -2.03. The zero-order valence-electron chi connectivity index (χ0n) is 9.07. The smallest absolute Gasteiger partial charge is 0.195 e. The molecule has 1 N–H and O–H groups in total. The van der Waals surface area contributed by atoms with Gasteiger partial charge in [0.25, 0.3) is 0 Å². The van der Waals surface area contributed by atoms with E-state index in [1.807, 2.05) is 16.7 Å². The van der Waals surface area contributed by atoms with E-state index in [1.165, 1.54) is 3.57 Å². The van der Waals surface area contributed by atoms with E-state index < -0.39 is 0 Å². The average molecular weight is 345 g/mol. The van der Waals surface area contributed by atoms with Crippen molar-refractivity contribution < 1.29 is 0 Å². The Morgan fingerprint density at radius 1 is 1.44 bits per heavy atom. The number of benzene rings is 1. The molecule has 0 aliphatic heterocycles. The average Bonchev–Trinajstić information content (AvgIpc) is 2.60. The molecule has 2 aromatic rings. The molecular weight excluding hydrogens is 333 g/mol. The lowest BCUT2D eigenvalue weighted by Gasteiger charge is -2.10. The molecule has 0 radical (unpaired) electrons. The van der Waals surface area contributed by atoms with Gasteiger partial charge in [0.05, 0.1) is 0 Å². The fourth-order valence-corrected chi connectivity index (χ4v) is 2.50. The van der Waals surface area contributed by atoms with Gasteiger partial charge in [0.1, 0.15) is 0 Å². The van der Waals surface area contributed by atoms with Crippen molar-refractivity contribution in [2.45, 2.75) is 19.9 Å². The standard InChI is InChI=1S/C11H12IN3S/c1-7(2)15-10(13-14-11(15)16)8-4-3-5-9(12)6-8/h3-7H,1-2H3,(H,14,16). The molecule has 16 heavy (non-hydrogen) atoms. The molecule has 0 atom stereocenters. The molecule has 0 aliphatic rings. The van der Waals surface area contributed by atoms with Crippen LogP contribution >= 0.6 is 34.8 Å². The van der Waals surface area contributed by atoms with Crippen LogP contribution in [0.5, 0.6) is 0 Å². The van der Waals surface area contributed by atoms with Crippen LogP contribution in [0.2, 0.25) is 0 Å². The molecule has 1 heterocycles. The third-order valence-corrected chi connectivity index (χ3v) is 3.26. The summed E-state index contributed by atoms with van der Waals surface area (Å²) in [7, 11) is 0. The van der Waals surface area contributed by atoms with E-state index in [-0.39, 0.29) is 0 Å². The van der Waals surface area contributed by atoms with Crippen LogP contribution in [0.1, 0.15) is 19.9 Å². The highest BCUT2D eigenvalue weighted by atomic mass is 127. The Bertz CT molecular complexity index is 556. The molecule has 1 aromatic heterocycles. The highest BCUT2D eigenvalue weighted by Crippen LogP contribution is 2.22. The van der Waals surface area contributed by atoms with Crippen molar-refractivity contribution in [2.24, 2.45) is 0 Å². The molecule has 1 aromatic carbocycles. The van der Waals surface area contributed by atoms with Gasteiger partial charge in [-0.25, -0.2) is 0 Å². The molecule has 0 bridgehead atoms. The molecule has 0 unspecified atom stereocenters. The fourth-order valence-electron chi connectivity index (χ4n) is 1.61. The van der Waals surface area contributed by atoms with Crippen LogP contribution < -0.4 is 0 Å². The third kappa shape index (κ3) is 2.20. The largest absolute Gasteiger partial charge is 0.298 e. The first-order valence-electron chi connectivity index (χ1n) is 5.02. The number of H-pyrrole nitrogens is 1. The number of aromatic amines is 1. The number of halogens is 1. The summed E-state index contributed by atoms with van der Waals surface area (Å²) in [6.07, 6.45) is 0. The zero-order valence-corrected chi connectivity index (χ0v) is 12.0. The minimum atomic E-state index is 0.305. The van der Waals surface area contributed by atoms with Crippen molar-refractivity contribution in [3.8, 4) is 11.4 Å². The number of hydrogen-bond acceptors (Lipinski definition) is 2. The normalized spacial score (nSPS) is 11.0. The van der Waals surface area contributed by atoms with E-state index >= 15 is 0 Å². The van der Waals surface area contributed by atoms with Crippen LogP contribution in [0.15, 0.2) is 24.3 Å². The van der Waals surface area contributed by atoms with Gasteiger partial charge in [-0.15, -0.1) is 0 Å².